The quantitative estimate of drug-likeness (QED) is 0.261. The Morgan fingerprint density at radius 2 is 1.71 bits per heavy atom. The zero-order chi connectivity index (χ0) is 21.3. The molecule has 1 aromatic heterocycles. The number of rotatable bonds is 1. The van der Waals surface area contributed by atoms with Crippen LogP contribution in [0, 0.1) is 20.8 Å². The van der Waals surface area contributed by atoms with Gasteiger partial charge in [-0.15, -0.1) is 0 Å². The Balaban J connectivity index is 1.69. The Morgan fingerprint density at radius 3 is 2.52 bits per heavy atom. The molecular formula is C29H30NO+. The number of fused-ring (bicyclic) bond motifs is 3. The van der Waals surface area contributed by atoms with Crippen molar-refractivity contribution in [3.8, 4) is 22.8 Å². The van der Waals surface area contributed by atoms with Gasteiger partial charge in [0, 0.05) is 11.6 Å². The van der Waals surface area contributed by atoms with Gasteiger partial charge in [0.15, 0.2) is 6.20 Å². The molecule has 2 nitrogen and oxygen atoms in total. The third-order valence-electron chi connectivity index (χ3n) is 7.74. The van der Waals surface area contributed by atoms with Crippen LogP contribution in [0.2, 0.25) is 0 Å². The lowest BCUT2D eigenvalue weighted by Crippen LogP contribution is -2.32. The Labute approximate surface area is 184 Å². The van der Waals surface area contributed by atoms with E-state index in [4.69, 9.17) is 4.74 Å². The molecule has 3 aromatic carbocycles. The number of aryl methyl sites for hydroxylation is 4. The average molecular weight is 409 g/mol. The molecule has 1 saturated carbocycles. The minimum absolute atomic E-state index is 0.665. The van der Waals surface area contributed by atoms with Crippen molar-refractivity contribution in [2.75, 3.05) is 0 Å². The van der Waals surface area contributed by atoms with E-state index >= 15 is 0 Å². The van der Waals surface area contributed by atoms with E-state index in [2.05, 4.69) is 75.0 Å². The number of hydrogen-bond donors (Lipinski definition) is 0. The third-order valence-corrected chi connectivity index (χ3v) is 7.74. The van der Waals surface area contributed by atoms with Crippen LogP contribution < -0.4 is 9.30 Å². The summed E-state index contributed by atoms with van der Waals surface area (Å²) in [6, 6.07) is 13.7. The van der Waals surface area contributed by atoms with E-state index in [1.165, 1.54) is 87.2 Å². The number of benzene rings is 3. The zero-order valence-corrected chi connectivity index (χ0v) is 19.0. The molecule has 2 heterocycles. The Bertz CT molecular complexity index is 1380. The summed E-state index contributed by atoms with van der Waals surface area (Å²) in [7, 11) is 2.16. The van der Waals surface area contributed by atoms with Gasteiger partial charge in [-0.25, -0.2) is 4.57 Å². The smallest absolute Gasteiger partial charge is 0.228 e. The lowest BCUT2D eigenvalue weighted by Gasteiger charge is -2.27. The van der Waals surface area contributed by atoms with Crippen LogP contribution in [0.3, 0.4) is 0 Å². The fraction of sp³-hybridized carbons (Fsp3) is 0.345. The Morgan fingerprint density at radius 1 is 0.903 bits per heavy atom. The minimum Gasteiger partial charge on any atom is -0.455 e. The second-order valence-electron chi connectivity index (χ2n) is 9.65. The highest BCUT2D eigenvalue weighted by molar-refractivity contribution is 6.07. The van der Waals surface area contributed by atoms with Gasteiger partial charge in [-0.1, -0.05) is 43.5 Å². The highest BCUT2D eigenvalue weighted by Gasteiger charge is 2.33. The lowest BCUT2D eigenvalue weighted by atomic mass is 9.82. The molecule has 2 heteroatoms. The van der Waals surface area contributed by atoms with Crippen LogP contribution in [0.5, 0.6) is 11.5 Å². The molecule has 4 aromatic rings. The molecule has 1 aliphatic heterocycles. The van der Waals surface area contributed by atoms with E-state index in [1.807, 2.05) is 0 Å². The van der Waals surface area contributed by atoms with Crippen molar-refractivity contribution < 1.29 is 9.30 Å². The number of pyridine rings is 1. The van der Waals surface area contributed by atoms with Crippen LogP contribution in [0.25, 0.3) is 32.8 Å². The van der Waals surface area contributed by atoms with E-state index in [9.17, 15) is 0 Å². The fourth-order valence-corrected chi connectivity index (χ4v) is 6.15. The molecule has 31 heavy (non-hydrogen) atoms. The maximum absolute atomic E-state index is 6.80. The van der Waals surface area contributed by atoms with Crippen LogP contribution >= 0.6 is 0 Å². The summed E-state index contributed by atoms with van der Waals surface area (Å²) in [4.78, 5) is 0. The third kappa shape index (κ3) is 2.67. The van der Waals surface area contributed by atoms with Gasteiger partial charge < -0.3 is 4.74 Å². The van der Waals surface area contributed by atoms with Crippen molar-refractivity contribution >= 4 is 21.5 Å². The predicted molar refractivity (Wildman–Crippen MR) is 128 cm³/mol. The molecule has 156 valence electrons. The summed E-state index contributed by atoms with van der Waals surface area (Å²) >= 11 is 0. The molecule has 0 N–H and O–H groups in total. The van der Waals surface area contributed by atoms with E-state index in [-0.39, 0.29) is 0 Å². The van der Waals surface area contributed by atoms with Crippen molar-refractivity contribution in [3.05, 3.63) is 64.8 Å². The second-order valence-corrected chi connectivity index (χ2v) is 9.65. The van der Waals surface area contributed by atoms with Crippen molar-refractivity contribution in [1.29, 1.82) is 0 Å². The molecule has 0 spiro atoms. The van der Waals surface area contributed by atoms with Crippen molar-refractivity contribution in [2.24, 2.45) is 7.05 Å². The monoisotopic (exact) mass is 408 g/mol. The van der Waals surface area contributed by atoms with Crippen LogP contribution in [-0.4, -0.2) is 0 Å². The van der Waals surface area contributed by atoms with Crippen molar-refractivity contribution in [1.82, 2.24) is 0 Å². The summed E-state index contributed by atoms with van der Waals surface area (Å²) in [6.45, 7) is 6.69. The highest BCUT2D eigenvalue weighted by atomic mass is 16.5. The first-order valence-corrected chi connectivity index (χ1v) is 11.7. The van der Waals surface area contributed by atoms with Crippen LogP contribution in [-0.2, 0) is 7.05 Å². The number of aromatic nitrogens is 1. The molecular weight excluding hydrogens is 378 g/mol. The Hall–Kier alpha value is -2.87. The molecule has 0 radical (unpaired) electrons. The van der Waals surface area contributed by atoms with Crippen molar-refractivity contribution in [3.63, 3.8) is 0 Å². The fourth-order valence-electron chi connectivity index (χ4n) is 6.15. The van der Waals surface area contributed by atoms with Gasteiger partial charge in [-0.05, 0) is 78.4 Å². The summed E-state index contributed by atoms with van der Waals surface area (Å²) < 4.78 is 9.08. The molecule has 0 atom stereocenters. The van der Waals surface area contributed by atoms with Crippen LogP contribution in [0.4, 0.5) is 0 Å². The lowest BCUT2D eigenvalue weighted by molar-refractivity contribution is -0.659. The molecule has 0 saturated heterocycles. The minimum atomic E-state index is 0.665. The molecule has 1 aliphatic carbocycles. The summed E-state index contributed by atoms with van der Waals surface area (Å²) in [6.07, 6.45) is 8.90. The van der Waals surface area contributed by atoms with E-state index in [0.29, 0.717) is 5.92 Å². The molecule has 6 rings (SSSR count). The standard InChI is InChI=1S/C29H30NO/c1-17-9-8-12-23-18(2)26-28-27-21(13-14-30(28)4)15-22(20-10-6-5-7-11-20)16-24(27)31-29(26)19(3)25(17)23/h8-9,12-16,20H,5-7,10-11H2,1-4H3/q+1. The first kappa shape index (κ1) is 18.9. The van der Waals surface area contributed by atoms with E-state index < -0.39 is 0 Å². The number of hydrogen-bond acceptors (Lipinski definition) is 1. The normalized spacial score (nSPS) is 15.9. The van der Waals surface area contributed by atoms with Gasteiger partial charge in [0.1, 0.15) is 18.5 Å². The summed E-state index contributed by atoms with van der Waals surface area (Å²) in [5.41, 5.74) is 7.86. The average Bonchev–Trinajstić information content (AvgIpc) is 2.79. The largest absolute Gasteiger partial charge is 0.455 e. The number of nitrogens with zero attached hydrogens (tertiary/aromatic N) is 1. The molecule has 1 fully saturated rings. The van der Waals surface area contributed by atoms with Crippen molar-refractivity contribution in [2.45, 2.75) is 58.8 Å². The van der Waals surface area contributed by atoms with E-state index in [0.717, 1.165) is 11.5 Å². The van der Waals surface area contributed by atoms with Gasteiger partial charge >= 0.3 is 0 Å². The summed E-state index contributed by atoms with van der Waals surface area (Å²) in [5.74, 6) is 2.74. The maximum atomic E-state index is 6.80. The zero-order valence-electron chi connectivity index (χ0n) is 19.0. The van der Waals surface area contributed by atoms with Gasteiger partial charge in [-0.3, -0.25) is 0 Å². The van der Waals surface area contributed by atoms with Gasteiger partial charge in [0.2, 0.25) is 5.69 Å². The second kappa shape index (κ2) is 6.82. The van der Waals surface area contributed by atoms with Gasteiger partial charge in [0.25, 0.3) is 0 Å². The van der Waals surface area contributed by atoms with Crippen LogP contribution in [0.15, 0.2) is 42.6 Å². The molecule has 0 unspecified atom stereocenters. The first-order chi connectivity index (χ1) is 15.0. The molecule has 0 bridgehead atoms. The van der Waals surface area contributed by atoms with Gasteiger partial charge in [-0.2, -0.15) is 0 Å². The van der Waals surface area contributed by atoms with E-state index in [1.54, 1.807) is 0 Å². The maximum Gasteiger partial charge on any atom is 0.228 e. The predicted octanol–water partition coefficient (Wildman–Crippen LogP) is 7.56. The van der Waals surface area contributed by atoms with Gasteiger partial charge in [0.05, 0.1) is 10.9 Å². The first-order valence-electron chi connectivity index (χ1n) is 11.7. The number of ether oxygens (including phenoxy) is 1. The highest BCUT2D eigenvalue weighted by Crippen LogP contribution is 2.51. The Kier molecular flexibility index (Phi) is 4.15. The SMILES string of the molecule is Cc1c2c(c(C)c3c(C)cccc13)Oc1cc(C3CCCCC3)cc3cc[n+](C)c-2c13. The topological polar surface area (TPSA) is 13.1 Å². The molecule has 2 aliphatic rings. The van der Waals surface area contributed by atoms with Crippen LogP contribution in [0.1, 0.15) is 60.3 Å². The summed E-state index contributed by atoms with van der Waals surface area (Å²) in [5, 5.41) is 5.23. The molecule has 0 amide bonds.